The molecule has 3 rings (SSSR count). The predicted molar refractivity (Wildman–Crippen MR) is 108 cm³/mol. The van der Waals surface area contributed by atoms with E-state index in [1.54, 1.807) is 7.11 Å². The molecule has 1 atom stereocenters. The Kier molecular flexibility index (Phi) is 7.02. The summed E-state index contributed by atoms with van der Waals surface area (Å²) >= 11 is 0. The molecule has 1 heterocycles. The molecule has 0 aromatic heterocycles. The van der Waals surface area contributed by atoms with E-state index in [1.807, 2.05) is 24.3 Å². The predicted octanol–water partition coefficient (Wildman–Crippen LogP) is 2.94. The Morgan fingerprint density at radius 2 is 1.72 bits per heavy atom. The van der Waals surface area contributed by atoms with E-state index >= 15 is 0 Å². The van der Waals surface area contributed by atoms with Gasteiger partial charge in [-0.2, -0.15) is 0 Å². The Labute approximate surface area is 169 Å². The Balaban J connectivity index is 1.55. The minimum Gasteiger partial charge on any atom is -0.497 e. The van der Waals surface area contributed by atoms with Crippen molar-refractivity contribution < 1.29 is 19.2 Å². The summed E-state index contributed by atoms with van der Waals surface area (Å²) in [6.45, 7) is 2.35. The second-order valence-electron chi connectivity index (χ2n) is 6.88. The molecule has 1 saturated heterocycles. The number of nitro groups is 1. The third-order valence-electron chi connectivity index (χ3n) is 4.99. The van der Waals surface area contributed by atoms with Gasteiger partial charge in [-0.3, -0.25) is 19.8 Å². The second-order valence-corrected chi connectivity index (χ2v) is 6.88. The molecular weight excluding hydrogens is 374 g/mol. The Bertz CT molecular complexity index is 817. The SMILES string of the molecule is COc1ccc([C@@H](CNC(=O)COc2ccc([N+](=O)[O-])cc2)N2CCCC2)cc1. The molecule has 0 aliphatic carbocycles. The van der Waals surface area contributed by atoms with Crippen LogP contribution in [0.25, 0.3) is 0 Å². The van der Waals surface area contributed by atoms with Crippen LogP contribution in [-0.2, 0) is 4.79 Å². The summed E-state index contributed by atoms with van der Waals surface area (Å²) in [5.74, 6) is 0.979. The zero-order valence-electron chi connectivity index (χ0n) is 16.4. The summed E-state index contributed by atoms with van der Waals surface area (Å²) in [6.07, 6.45) is 2.31. The number of likely N-dealkylation sites (tertiary alicyclic amines) is 1. The van der Waals surface area contributed by atoms with Crippen molar-refractivity contribution in [3.63, 3.8) is 0 Å². The van der Waals surface area contributed by atoms with Gasteiger partial charge in [0.25, 0.3) is 11.6 Å². The number of rotatable bonds is 9. The molecule has 0 radical (unpaired) electrons. The van der Waals surface area contributed by atoms with Crippen molar-refractivity contribution in [3.8, 4) is 11.5 Å². The molecule has 0 saturated carbocycles. The number of benzene rings is 2. The number of methoxy groups -OCH3 is 1. The van der Waals surface area contributed by atoms with Crippen molar-refractivity contribution in [3.05, 3.63) is 64.2 Å². The zero-order valence-corrected chi connectivity index (χ0v) is 16.4. The minimum absolute atomic E-state index is 0.0188. The first-order valence-electron chi connectivity index (χ1n) is 9.59. The minimum atomic E-state index is -0.478. The van der Waals surface area contributed by atoms with E-state index in [-0.39, 0.29) is 24.2 Å². The maximum absolute atomic E-state index is 12.3. The quantitative estimate of drug-likeness (QED) is 0.515. The molecule has 29 heavy (non-hydrogen) atoms. The van der Waals surface area contributed by atoms with E-state index in [0.717, 1.165) is 37.2 Å². The first-order chi connectivity index (χ1) is 14.1. The molecule has 154 valence electrons. The smallest absolute Gasteiger partial charge is 0.269 e. The van der Waals surface area contributed by atoms with Crippen LogP contribution < -0.4 is 14.8 Å². The lowest BCUT2D eigenvalue weighted by molar-refractivity contribution is -0.384. The van der Waals surface area contributed by atoms with Crippen LogP contribution in [0.5, 0.6) is 11.5 Å². The van der Waals surface area contributed by atoms with Gasteiger partial charge in [-0.05, 0) is 55.8 Å². The summed E-state index contributed by atoms with van der Waals surface area (Å²) in [6, 6.07) is 13.7. The number of carbonyl (C=O) groups excluding carboxylic acids is 1. The van der Waals surface area contributed by atoms with Crippen LogP contribution in [0.15, 0.2) is 48.5 Å². The van der Waals surface area contributed by atoms with Crippen molar-refractivity contribution in [2.45, 2.75) is 18.9 Å². The van der Waals surface area contributed by atoms with Crippen LogP contribution in [0.2, 0.25) is 0 Å². The highest BCUT2D eigenvalue weighted by atomic mass is 16.6. The number of carbonyl (C=O) groups is 1. The average Bonchev–Trinajstić information content (AvgIpc) is 3.27. The molecule has 8 heteroatoms. The molecule has 2 aromatic carbocycles. The van der Waals surface area contributed by atoms with E-state index < -0.39 is 4.92 Å². The summed E-state index contributed by atoms with van der Waals surface area (Å²) in [7, 11) is 1.64. The molecule has 0 unspecified atom stereocenters. The van der Waals surface area contributed by atoms with E-state index in [9.17, 15) is 14.9 Å². The lowest BCUT2D eigenvalue weighted by Gasteiger charge is -2.28. The third kappa shape index (κ3) is 5.68. The summed E-state index contributed by atoms with van der Waals surface area (Å²) in [4.78, 5) is 24.8. The number of nitrogens with one attached hydrogen (secondary N) is 1. The lowest BCUT2D eigenvalue weighted by Crippen LogP contribution is -2.38. The number of hydrogen-bond acceptors (Lipinski definition) is 6. The number of hydrogen-bond donors (Lipinski definition) is 1. The number of amides is 1. The van der Waals surface area contributed by atoms with Gasteiger partial charge >= 0.3 is 0 Å². The van der Waals surface area contributed by atoms with Gasteiger partial charge in [-0.25, -0.2) is 0 Å². The zero-order chi connectivity index (χ0) is 20.6. The standard InChI is InChI=1S/C21H25N3O5/c1-28-18-8-4-16(5-9-18)20(23-12-2-3-13-23)14-22-21(25)15-29-19-10-6-17(7-11-19)24(26)27/h4-11,20H,2-3,12-15H2,1H3,(H,22,25)/t20-/m1/s1. The van der Waals surface area contributed by atoms with Crippen LogP contribution >= 0.6 is 0 Å². The average molecular weight is 399 g/mol. The first-order valence-corrected chi connectivity index (χ1v) is 9.59. The van der Waals surface area contributed by atoms with Crippen molar-refractivity contribution in [2.75, 3.05) is 33.4 Å². The van der Waals surface area contributed by atoms with Crippen LogP contribution in [0.1, 0.15) is 24.4 Å². The topological polar surface area (TPSA) is 93.9 Å². The van der Waals surface area contributed by atoms with Gasteiger partial charge in [0.2, 0.25) is 0 Å². The molecule has 8 nitrogen and oxygen atoms in total. The van der Waals surface area contributed by atoms with Crippen molar-refractivity contribution in [1.29, 1.82) is 0 Å². The van der Waals surface area contributed by atoms with Gasteiger partial charge < -0.3 is 14.8 Å². The summed E-state index contributed by atoms with van der Waals surface area (Å²) < 4.78 is 10.7. The first kappa shape index (κ1) is 20.6. The summed E-state index contributed by atoms with van der Waals surface area (Å²) in [5.41, 5.74) is 1.11. The maximum Gasteiger partial charge on any atom is 0.269 e. The van der Waals surface area contributed by atoms with Gasteiger partial charge in [0.15, 0.2) is 6.61 Å². The van der Waals surface area contributed by atoms with Crippen LogP contribution in [0.3, 0.4) is 0 Å². The largest absolute Gasteiger partial charge is 0.497 e. The van der Waals surface area contributed by atoms with Gasteiger partial charge in [0.05, 0.1) is 18.1 Å². The van der Waals surface area contributed by atoms with Gasteiger partial charge in [0.1, 0.15) is 11.5 Å². The third-order valence-corrected chi connectivity index (χ3v) is 4.99. The van der Waals surface area contributed by atoms with Crippen LogP contribution in [0.4, 0.5) is 5.69 Å². The summed E-state index contributed by atoms with van der Waals surface area (Å²) in [5, 5.41) is 13.6. The van der Waals surface area contributed by atoms with Crippen LogP contribution in [-0.4, -0.2) is 49.1 Å². The molecule has 1 N–H and O–H groups in total. The van der Waals surface area contributed by atoms with Gasteiger partial charge in [-0.1, -0.05) is 12.1 Å². The Morgan fingerprint density at radius 3 is 2.31 bits per heavy atom. The number of nitro benzene ring substituents is 1. The monoisotopic (exact) mass is 399 g/mol. The highest BCUT2D eigenvalue weighted by Crippen LogP contribution is 2.26. The molecule has 1 aliphatic heterocycles. The van der Waals surface area contributed by atoms with Gasteiger partial charge in [0, 0.05) is 18.7 Å². The Hall–Kier alpha value is -3.13. The normalized spacial score (nSPS) is 14.9. The van der Waals surface area contributed by atoms with E-state index in [2.05, 4.69) is 10.2 Å². The number of ether oxygens (including phenoxy) is 2. The van der Waals surface area contributed by atoms with E-state index in [4.69, 9.17) is 9.47 Å². The van der Waals surface area contributed by atoms with Crippen LogP contribution in [0, 0.1) is 10.1 Å². The number of nitrogens with zero attached hydrogens (tertiary/aromatic N) is 2. The fourth-order valence-corrected chi connectivity index (χ4v) is 3.41. The molecule has 1 fully saturated rings. The molecular formula is C21H25N3O5. The molecule has 0 bridgehead atoms. The van der Waals surface area contributed by atoms with Crippen molar-refractivity contribution in [1.82, 2.24) is 10.2 Å². The van der Waals surface area contributed by atoms with E-state index in [1.165, 1.54) is 24.3 Å². The fraction of sp³-hybridized carbons (Fsp3) is 0.381. The fourth-order valence-electron chi connectivity index (χ4n) is 3.41. The highest BCUT2D eigenvalue weighted by Gasteiger charge is 2.24. The molecule has 0 spiro atoms. The van der Waals surface area contributed by atoms with Crippen molar-refractivity contribution >= 4 is 11.6 Å². The van der Waals surface area contributed by atoms with Gasteiger partial charge in [-0.15, -0.1) is 0 Å². The van der Waals surface area contributed by atoms with Crippen molar-refractivity contribution in [2.24, 2.45) is 0 Å². The lowest BCUT2D eigenvalue weighted by atomic mass is 10.1. The molecule has 2 aromatic rings. The second kappa shape index (κ2) is 9.88. The Morgan fingerprint density at radius 1 is 1.10 bits per heavy atom. The molecule has 1 aliphatic rings. The highest BCUT2D eigenvalue weighted by molar-refractivity contribution is 5.77. The maximum atomic E-state index is 12.3. The molecule has 1 amide bonds. The van der Waals surface area contributed by atoms with E-state index in [0.29, 0.717) is 12.3 Å². The number of non-ortho nitro benzene ring substituents is 1.